The number of aromatic nitrogens is 6. The summed E-state index contributed by atoms with van der Waals surface area (Å²) in [6.45, 7) is 3.99. The zero-order valence-corrected chi connectivity index (χ0v) is 12.2. The van der Waals surface area contributed by atoms with Crippen molar-refractivity contribution in [3.63, 3.8) is 0 Å². The third-order valence-corrected chi connectivity index (χ3v) is 3.88. The molecule has 3 aromatic rings. The molecule has 10 heteroatoms. The van der Waals surface area contributed by atoms with Crippen molar-refractivity contribution < 1.29 is 13.2 Å². The highest BCUT2D eigenvalue weighted by Gasteiger charge is 2.38. The molecule has 3 aromatic heterocycles. The first-order chi connectivity index (χ1) is 9.77. The standard InChI is InChI=1S/C11H11F3N6S/c1-5(2)6-4-7(19(3)17-6)8-18-20-9(11(12,13)14)15-16-10(20)21-8/h4-5H,1-3H3. The molecule has 0 aromatic carbocycles. The molecule has 3 heterocycles. The van der Waals surface area contributed by atoms with Crippen LogP contribution in [-0.2, 0) is 13.2 Å². The van der Waals surface area contributed by atoms with Gasteiger partial charge in [-0.3, -0.25) is 4.68 Å². The molecule has 0 aliphatic heterocycles. The molecular formula is C11H11F3N6S. The Bertz CT molecular complexity index is 797. The average Bonchev–Trinajstić information content (AvgIpc) is 2.98. The van der Waals surface area contributed by atoms with Crippen LogP contribution in [-0.4, -0.2) is 29.6 Å². The first kappa shape index (κ1) is 14.0. The van der Waals surface area contributed by atoms with Crippen molar-refractivity contribution in [3.05, 3.63) is 17.6 Å². The van der Waals surface area contributed by atoms with Crippen molar-refractivity contribution in [2.24, 2.45) is 7.05 Å². The molecule has 0 N–H and O–H groups in total. The largest absolute Gasteiger partial charge is 0.453 e. The minimum atomic E-state index is -4.58. The van der Waals surface area contributed by atoms with E-state index in [1.54, 1.807) is 11.7 Å². The minimum absolute atomic E-state index is 0.102. The smallest absolute Gasteiger partial charge is 0.265 e. The van der Waals surface area contributed by atoms with Crippen LogP contribution in [0.3, 0.4) is 0 Å². The molecule has 0 unspecified atom stereocenters. The maximum absolute atomic E-state index is 12.8. The number of rotatable bonds is 2. The summed E-state index contributed by atoms with van der Waals surface area (Å²) in [6, 6.07) is 1.82. The Hall–Kier alpha value is -1.97. The number of alkyl halides is 3. The second kappa shape index (κ2) is 4.52. The Morgan fingerprint density at radius 2 is 1.90 bits per heavy atom. The van der Waals surface area contributed by atoms with Gasteiger partial charge in [-0.1, -0.05) is 25.2 Å². The van der Waals surface area contributed by atoms with Gasteiger partial charge in [0.1, 0.15) is 0 Å². The van der Waals surface area contributed by atoms with E-state index < -0.39 is 12.0 Å². The summed E-state index contributed by atoms with van der Waals surface area (Å²) in [6.07, 6.45) is -4.58. The number of halogens is 3. The predicted octanol–water partition coefficient (Wildman–Crippen LogP) is 2.73. The lowest BCUT2D eigenvalue weighted by Crippen LogP contribution is -2.11. The fourth-order valence-electron chi connectivity index (χ4n) is 1.87. The van der Waals surface area contributed by atoms with Crippen LogP contribution < -0.4 is 0 Å². The molecule has 0 saturated heterocycles. The molecule has 0 radical (unpaired) electrons. The molecule has 0 atom stereocenters. The molecule has 112 valence electrons. The molecule has 0 aliphatic carbocycles. The van der Waals surface area contributed by atoms with Gasteiger partial charge in [0.05, 0.1) is 11.4 Å². The van der Waals surface area contributed by atoms with Gasteiger partial charge in [0, 0.05) is 7.05 Å². The third-order valence-electron chi connectivity index (χ3n) is 2.95. The first-order valence-corrected chi connectivity index (χ1v) is 6.92. The number of hydrogen-bond acceptors (Lipinski definition) is 5. The Morgan fingerprint density at radius 3 is 2.48 bits per heavy atom. The molecular weight excluding hydrogens is 305 g/mol. The van der Waals surface area contributed by atoms with Crippen molar-refractivity contribution >= 4 is 16.3 Å². The summed E-state index contributed by atoms with van der Waals surface area (Å²) in [5.41, 5.74) is 1.51. The fourth-order valence-corrected chi connectivity index (χ4v) is 2.76. The minimum Gasteiger partial charge on any atom is -0.265 e. The zero-order chi connectivity index (χ0) is 15.4. The van der Waals surface area contributed by atoms with E-state index in [9.17, 15) is 13.2 Å². The SMILES string of the molecule is CC(C)c1cc(-c2nn3c(C(F)(F)F)nnc3s2)n(C)n1. The van der Waals surface area contributed by atoms with Crippen LogP contribution >= 0.6 is 11.3 Å². The van der Waals surface area contributed by atoms with Crippen LogP contribution in [0.25, 0.3) is 15.7 Å². The predicted molar refractivity (Wildman–Crippen MR) is 70.0 cm³/mol. The van der Waals surface area contributed by atoms with Gasteiger partial charge >= 0.3 is 6.18 Å². The maximum Gasteiger partial charge on any atom is 0.453 e. The van der Waals surface area contributed by atoms with Gasteiger partial charge in [-0.05, 0) is 12.0 Å². The van der Waals surface area contributed by atoms with Gasteiger partial charge < -0.3 is 0 Å². The van der Waals surface area contributed by atoms with Gasteiger partial charge in [0.2, 0.25) is 4.96 Å². The van der Waals surface area contributed by atoms with Crippen LogP contribution in [0.5, 0.6) is 0 Å². The summed E-state index contributed by atoms with van der Waals surface area (Å²) in [5.74, 6) is -0.896. The molecule has 21 heavy (non-hydrogen) atoms. The lowest BCUT2D eigenvalue weighted by Gasteiger charge is -2.00. The van der Waals surface area contributed by atoms with E-state index in [-0.39, 0.29) is 10.9 Å². The van der Waals surface area contributed by atoms with E-state index in [0.717, 1.165) is 21.5 Å². The monoisotopic (exact) mass is 316 g/mol. The van der Waals surface area contributed by atoms with Crippen LogP contribution in [0, 0.1) is 0 Å². The third kappa shape index (κ3) is 2.28. The number of nitrogens with zero attached hydrogens (tertiary/aromatic N) is 6. The van der Waals surface area contributed by atoms with E-state index in [1.807, 2.05) is 19.9 Å². The average molecular weight is 316 g/mol. The van der Waals surface area contributed by atoms with Crippen molar-refractivity contribution in [1.29, 1.82) is 0 Å². The van der Waals surface area contributed by atoms with Crippen LogP contribution in [0.2, 0.25) is 0 Å². The number of aryl methyl sites for hydroxylation is 1. The summed E-state index contributed by atoms with van der Waals surface area (Å²) in [5, 5.41) is 15.4. The highest BCUT2D eigenvalue weighted by molar-refractivity contribution is 7.19. The number of fused-ring (bicyclic) bond motifs is 1. The van der Waals surface area contributed by atoms with E-state index in [1.165, 1.54) is 0 Å². The maximum atomic E-state index is 12.8. The molecule has 3 rings (SSSR count). The normalized spacial score (nSPS) is 12.7. The van der Waals surface area contributed by atoms with Crippen LogP contribution in [0.4, 0.5) is 13.2 Å². The molecule has 0 aliphatic rings. The molecule has 0 fully saturated rings. The Balaban J connectivity index is 2.12. The quantitative estimate of drug-likeness (QED) is 0.729. The van der Waals surface area contributed by atoms with E-state index >= 15 is 0 Å². The Morgan fingerprint density at radius 1 is 1.19 bits per heavy atom. The highest BCUT2D eigenvalue weighted by atomic mass is 32.1. The molecule has 0 bridgehead atoms. The van der Waals surface area contributed by atoms with E-state index in [2.05, 4.69) is 20.4 Å². The number of hydrogen-bond donors (Lipinski definition) is 0. The summed E-state index contributed by atoms with van der Waals surface area (Å²) in [7, 11) is 1.73. The van der Waals surface area contributed by atoms with Gasteiger partial charge in [-0.15, -0.1) is 10.2 Å². The highest BCUT2D eigenvalue weighted by Crippen LogP contribution is 2.32. The van der Waals surface area contributed by atoms with Gasteiger partial charge in [-0.2, -0.15) is 27.9 Å². The first-order valence-electron chi connectivity index (χ1n) is 6.11. The summed E-state index contributed by atoms with van der Waals surface area (Å²) < 4.78 is 40.7. The second-order valence-corrected chi connectivity index (χ2v) is 5.81. The van der Waals surface area contributed by atoms with Crippen LogP contribution in [0.15, 0.2) is 6.07 Å². The lowest BCUT2D eigenvalue weighted by atomic mass is 10.1. The van der Waals surface area contributed by atoms with Crippen molar-refractivity contribution in [1.82, 2.24) is 29.6 Å². The lowest BCUT2D eigenvalue weighted by molar-refractivity contribution is -0.146. The summed E-state index contributed by atoms with van der Waals surface area (Å²) >= 11 is 1.04. The van der Waals surface area contributed by atoms with Gasteiger partial charge in [0.15, 0.2) is 5.01 Å². The topological polar surface area (TPSA) is 60.9 Å². The van der Waals surface area contributed by atoms with Crippen molar-refractivity contribution in [2.45, 2.75) is 25.9 Å². The van der Waals surface area contributed by atoms with Gasteiger partial charge in [0.25, 0.3) is 5.82 Å². The molecule has 0 spiro atoms. The fraction of sp³-hybridized carbons (Fsp3) is 0.455. The van der Waals surface area contributed by atoms with Gasteiger partial charge in [-0.25, -0.2) is 0 Å². The van der Waals surface area contributed by atoms with Crippen molar-refractivity contribution in [2.75, 3.05) is 0 Å². The molecule has 6 nitrogen and oxygen atoms in total. The second-order valence-electron chi connectivity index (χ2n) is 4.86. The molecule has 0 saturated carbocycles. The van der Waals surface area contributed by atoms with Crippen molar-refractivity contribution in [3.8, 4) is 10.7 Å². The summed E-state index contributed by atoms with van der Waals surface area (Å²) in [4.78, 5) is 0.102. The Kier molecular flexibility index (Phi) is 3.01. The zero-order valence-electron chi connectivity index (χ0n) is 11.4. The molecule has 0 amide bonds. The van der Waals surface area contributed by atoms with E-state index in [4.69, 9.17) is 0 Å². The Labute approximate surface area is 121 Å². The van der Waals surface area contributed by atoms with E-state index in [0.29, 0.717) is 10.7 Å². The van der Waals surface area contributed by atoms with Crippen LogP contribution in [0.1, 0.15) is 31.3 Å².